The zero-order chi connectivity index (χ0) is 16.2. The largest absolute Gasteiger partial charge is 1.00 e. The van der Waals surface area contributed by atoms with Crippen molar-refractivity contribution in [1.82, 2.24) is 0 Å². The van der Waals surface area contributed by atoms with Crippen LogP contribution < -0.4 is 38.5 Å². The molecule has 0 saturated heterocycles. The summed E-state index contributed by atoms with van der Waals surface area (Å²) >= 11 is 0. The van der Waals surface area contributed by atoms with Crippen LogP contribution in [-0.4, -0.2) is 19.3 Å². The molecule has 8 heteroatoms. The normalized spacial score (nSPS) is 14.8. The monoisotopic (exact) mass is 350 g/mol. The Morgan fingerprint density at radius 1 is 1.38 bits per heavy atom. The summed E-state index contributed by atoms with van der Waals surface area (Å²) in [5.41, 5.74) is 7.51. The number of benzene rings is 1. The minimum atomic E-state index is -0.536. The van der Waals surface area contributed by atoms with E-state index in [0.717, 1.165) is 17.1 Å². The Labute approximate surface area is 146 Å². The number of nitrogen functional groups attached to an aromatic ring is 1. The number of rotatable bonds is 4. The van der Waals surface area contributed by atoms with E-state index in [-0.39, 0.29) is 18.4 Å². The van der Waals surface area contributed by atoms with Gasteiger partial charge in [-0.1, -0.05) is 18.2 Å². The van der Waals surface area contributed by atoms with Gasteiger partial charge in [-0.15, -0.1) is 0 Å². The van der Waals surface area contributed by atoms with Gasteiger partial charge in [-0.05, 0) is 19.1 Å². The SMILES string of the molecule is CCOC(=O)Nc1ccc(NC2COc3ccccc32)[nH+]c1N.[Cl-]. The number of aromatic amines is 1. The van der Waals surface area contributed by atoms with Gasteiger partial charge >= 0.3 is 6.09 Å². The fourth-order valence-electron chi connectivity index (χ4n) is 2.45. The Kier molecular flexibility index (Phi) is 5.70. The topological polar surface area (TPSA) is 99.8 Å². The molecule has 1 aliphatic heterocycles. The number of hydrogen-bond donors (Lipinski definition) is 3. The average molecular weight is 351 g/mol. The van der Waals surface area contributed by atoms with Crippen molar-refractivity contribution in [3.8, 4) is 5.75 Å². The lowest BCUT2D eigenvalue weighted by Crippen LogP contribution is -3.00. The van der Waals surface area contributed by atoms with E-state index in [1.807, 2.05) is 24.3 Å². The number of carbonyl (C=O) groups excluding carboxylic acids is 1. The highest BCUT2D eigenvalue weighted by Gasteiger charge is 2.26. The van der Waals surface area contributed by atoms with E-state index in [1.165, 1.54) is 0 Å². The number of hydrogen-bond acceptors (Lipinski definition) is 5. The van der Waals surface area contributed by atoms with Gasteiger partial charge in [0.25, 0.3) is 0 Å². The first kappa shape index (κ1) is 17.7. The van der Waals surface area contributed by atoms with Gasteiger partial charge in [0.2, 0.25) is 11.6 Å². The second kappa shape index (κ2) is 7.74. The number of amides is 1. The molecule has 2 aromatic rings. The first-order valence-electron chi connectivity index (χ1n) is 7.41. The van der Waals surface area contributed by atoms with Crippen LogP contribution in [0.4, 0.5) is 22.1 Å². The summed E-state index contributed by atoms with van der Waals surface area (Å²) in [5.74, 6) is 1.97. The van der Waals surface area contributed by atoms with Crippen LogP contribution in [0.3, 0.4) is 0 Å². The molecule has 5 N–H and O–H groups in total. The summed E-state index contributed by atoms with van der Waals surface area (Å²) < 4.78 is 10.5. The molecule has 128 valence electrons. The zero-order valence-electron chi connectivity index (χ0n) is 13.1. The third-order valence-electron chi connectivity index (χ3n) is 3.52. The third-order valence-corrected chi connectivity index (χ3v) is 3.52. The summed E-state index contributed by atoms with van der Waals surface area (Å²) in [4.78, 5) is 14.5. The van der Waals surface area contributed by atoms with Crippen molar-refractivity contribution in [3.63, 3.8) is 0 Å². The summed E-state index contributed by atoms with van der Waals surface area (Å²) in [5, 5.41) is 5.92. The fourth-order valence-corrected chi connectivity index (χ4v) is 2.45. The minimum absolute atomic E-state index is 0. The van der Waals surface area contributed by atoms with Crippen LogP contribution in [0.2, 0.25) is 0 Å². The van der Waals surface area contributed by atoms with Crippen LogP contribution in [0.15, 0.2) is 36.4 Å². The predicted molar refractivity (Wildman–Crippen MR) is 86.4 cm³/mol. The van der Waals surface area contributed by atoms with E-state index in [4.69, 9.17) is 15.2 Å². The number of fused-ring (bicyclic) bond motifs is 1. The summed E-state index contributed by atoms with van der Waals surface area (Å²) in [6.07, 6.45) is -0.536. The smallest absolute Gasteiger partial charge is 0.411 e. The lowest BCUT2D eigenvalue weighted by molar-refractivity contribution is -0.342. The molecule has 2 heterocycles. The number of halogens is 1. The molecule has 0 spiro atoms. The molecular weight excluding hydrogens is 332 g/mol. The Morgan fingerprint density at radius 2 is 2.17 bits per heavy atom. The maximum atomic E-state index is 11.4. The number of H-pyrrole nitrogens is 1. The van der Waals surface area contributed by atoms with Gasteiger partial charge in [0.15, 0.2) is 0 Å². The van der Waals surface area contributed by atoms with Crippen molar-refractivity contribution in [3.05, 3.63) is 42.0 Å². The number of aromatic nitrogens is 1. The molecule has 1 aliphatic rings. The van der Waals surface area contributed by atoms with Gasteiger partial charge in [-0.3, -0.25) is 10.6 Å². The van der Waals surface area contributed by atoms with Gasteiger partial charge in [-0.25, -0.2) is 9.78 Å². The molecule has 0 aliphatic carbocycles. The molecule has 0 fully saturated rings. The van der Waals surface area contributed by atoms with E-state index in [1.54, 1.807) is 19.1 Å². The first-order valence-corrected chi connectivity index (χ1v) is 7.41. The van der Waals surface area contributed by atoms with Crippen LogP contribution >= 0.6 is 0 Å². The van der Waals surface area contributed by atoms with Crippen molar-refractivity contribution in [2.45, 2.75) is 13.0 Å². The zero-order valence-corrected chi connectivity index (χ0v) is 13.9. The average Bonchev–Trinajstić information content (AvgIpc) is 2.94. The first-order chi connectivity index (χ1) is 11.2. The van der Waals surface area contributed by atoms with Crippen LogP contribution in [0.1, 0.15) is 18.5 Å². The number of nitrogens with one attached hydrogen (secondary N) is 3. The lowest BCUT2D eigenvalue weighted by Gasteiger charge is -2.10. The molecular formula is C16H19ClN4O3. The Hall–Kier alpha value is -2.67. The highest BCUT2D eigenvalue weighted by molar-refractivity contribution is 5.87. The fraction of sp³-hybridized carbons (Fsp3) is 0.250. The van der Waals surface area contributed by atoms with Crippen molar-refractivity contribution in [2.75, 3.05) is 29.6 Å². The van der Waals surface area contributed by atoms with E-state index < -0.39 is 6.09 Å². The lowest BCUT2D eigenvalue weighted by atomic mass is 10.1. The highest BCUT2D eigenvalue weighted by atomic mass is 35.5. The Bertz CT molecular complexity index is 726. The number of nitrogens with two attached hydrogens (primary N) is 1. The third kappa shape index (κ3) is 3.80. The number of ether oxygens (including phenoxy) is 2. The van der Waals surface area contributed by atoms with Crippen molar-refractivity contribution in [1.29, 1.82) is 0 Å². The number of anilines is 3. The van der Waals surface area contributed by atoms with Gasteiger partial charge < -0.3 is 27.6 Å². The molecule has 7 nitrogen and oxygen atoms in total. The highest BCUT2D eigenvalue weighted by Crippen LogP contribution is 2.33. The molecule has 1 amide bonds. The summed E-state index contributed by atoms with van der Waals surface area (Å²) in [7, 11) is 0. The molecule has 0 bridgehead atoms. The summed E-state index contributed by atoms with van der Waals surface area (Å²) in [6, 6.07) is 11.5. The van der Waals surface area contributed by atoms with E-state index in [2.05, 4.69) is 15.6 Å². The van der Waals surface area contributed by atoms with Crippen molar-refractivity contribution in [2.24, 2.45) is 0 Å². The second-order valence-electron chi connectivity index (χ2n) is 5.09. The minimum Gasteiger partial charge on any atom is -1.00 e. The van der Waals surface area contributed by atoms with E-state index in [0.29, 0.717) is 24.7 Å². The molecule has 1 unspecified atom stereocenters. The molecule has 0 saturated carbocycles. The molecule has 1 aromatic carbocycles. The number of carbonyl (C=O) groups is 1. The summed E-state index contributed by atoms with van der Waals surface area (Å²) in [6.45, 7) is 2.59. The van der Waals surface area contributed by atoms with Crippen LogP contribution in [0, 0.1) is 0 Å². The van der Waals surface area contributed by atoms with Gasteiger partial charge in [0.1, 0.15) is 24.1 Å². The van der Waals surface area contributed by atoms with Gasteiger partial charge in [0, 0.05) is 11.6 Å². The van der Waals surface area contributed by atoms with Gasteiger partial charge in [-0.2, -0.15) is 0 Å². The second-order valence-corrected chi connectivity index (χ2v) is 5.09. The van der Waals surface area contributed by atoms with E-state index in [9.17, 15) is 4.79 Å². The maximum Gasteiger partial charge on any atom is 0.411 e. The molecule has 3 rings (SSSR count). The van der Waals surface area contributed by atoms with Crippen LogP contribution in [-0.2, 0) is 4.74 Å². The van der Waals surface area contributed by atoms with Crippen molar-refractivity contribution < 1.29 is 31.7 Å². The molecule has 1 atom stereocenters. The van der Waals surface area contributed by atoms with E-state index >= 15 is 0 Å². The van der Waals surface area contributed by atoms with Crippen molar-refractivity contribution >= 4 is 23.4 Å². The van der Waals surface area contributed by atoms with Crippen LogP contribution in [0.5, 0.6) is 5.75 Å². The molecule has 24 heavy (non-hydrogen) atoms. The van der Waals surface area contributed by atoms with Crippen LogP contribution in [0.25, 0.3) is 0 Å². The van der Waals surface area contributed by atoms with Gasteiger partial charge in [0.05, 0.1) is 6.61 Å². The Morgan fingerprint density at radius 3 is 2.92 bits per heavy atom. The Balaban J connectivity index is 0.00000208. The number of para-hydroxylation sites is 1. The maximum absolute atomic E-state index is 11.4. The molecule has 1 aromatic heterocycles. The molecule has 0 radical (unpaired) electrons. The quantitative estimate of drug-likeness (QED) is 0.670. The standard InChI is InChI=1S/C16H18N4O3.ClH/c1-2-22-16(21)19-11-7-8-14(20-15(11)17)18-12-9-23-13-6-4-3-5-10(12)13;/h3-8,12H,2,9H2,1H3,(H,19,21)(H3,17,18,20);1H. The predicted octanol–water partition coefficient (Wildman–Crippen LogP) is -0.799. The number of pyridine rings is 1.